The lowest BCUT2D eigenvalue weighted by molar-refractivity contribution is -0.176. The molecular formula is C27H36N2O6. The Morgan fingerprint density at radius 2 is 2.03 bits per heavy atom. The van der Waals surface area contributed by atoms with Crippen LogP contribution in [0.25, 0.3) is 10.9 Å². The summed E-state index contributed by atoms with van der Waals surface area (Å²) < 4.78 is 21.9. The first kappa shape index (κ1) is 25.3. The van der Waals surface area contributed by atoms with Crippen LogP contribution >= 0.6 is 0 Å². The van der Waals surface area contributed by atoms with E-state index in [0.717, 1.165) is 49.7 Å². The zero-order valence-electron chi connectivity index (χ0n) is 21.0. The number of likely N-dealkylation sites (N-methyl/N-ethyl adjacent to an activating group) is 1. The van der Waals surface area contributed by atoms with E-state index in [1.807, 2.05) is 12.1 Å². The molecule has 1 aliphatic carbocycles. The minimum atomic E-state index is -0.574. The molecule has 1 N–H and O–H groups in total. The Morgan fingerprint density at radius 3 is 2.69 bits per heavy atom. The van der Waals surface area contributed by atoms with Gasteiger partial charge in [0.1, 0.15) is 18.0 Å². The molecule has 8 heteroatoms. The van der Waals surface area contributed by atoms with Crippen molar-refractivity contribution >= 4 is 22.8 Å². The third-order valence-electron chi connectivity index (χ3n) is 7.73. The number of hydrogen-bond donors (Lipinski definition) is 1. The van der Waals surface area contributed by atoms with Crippen LogP contribution in [0.5, 0.6) is 5.75 Å². The number of esters is 2. The maximum atomic E-state index is 13.0. The number of carbonyl (C=O) groups excluding carboxylic acids is 2. The highest BCUT2D eigenvalue weighted by atomic mass is 16.6. The molecule has 190 valence electrons. The maximum Gasteiger partial charge on any atom is 0.330 e. The van der Waals surface area contributed by atoms with Gasteiger partial charge in [0, 0.05) is 42.4 Å². The van der Waals surface area contributed by atoms with Crippen LogP contribution in [0.1, 0.15) is 43.5 Å². The average Bonchev–Trinajstić information content (AvgIpc) is 3.26. The Bertz CT molecular complexity index is 1080. The van der Waals surface area contributed by atoms with Crippen molar-refractivity contribution < 1.29 is 28.5 Å². The first-order chi connectivity index (χ1) is 16.9. The van der Waals surface area contributed by atoms with E-state index in [2.05, 4.69) is 29.5 Å². The van der Waals surface area contributed by atoms with Gasteiger partial charge in [-0.05, 0) is 55.8 Å². The second-order valence-electron chi connectivity index (χ2n) is 9.32. The number of nitrogens with zero attached hydrogens (tertiary/aromatic N) is 1. The van der Waals surface area contributed by atoms with Crippen LogP contribution in [-0.2, 0) is 30.2 Å². The predicted octanol–water partition coefficient (Wildman–Crippen LogP) is 3.80. The van der Waals surface area contributed by atoms with Crippen molar-refractivity contribution in [2.45, 2.75) is 50.9 Å². The van der Waals surface area contributed by atoms with E-state index >= 15 is 0 Å². The molecule has 0 bridgehead atoms. The second-order valence-corrected chi connectivity index (χ2v) is 9.32. The van der Waals surface area contributed by atoms with E-state index in [1.165, 1.54) is 23.8 Å². The van der Waals surface area contributed by atoms with Gasteiger partial charge in [0.25, 0.3) is 0 Å². The number of aromatic amines is 1. The van der Waals surface area contributed by atoms with Crippen molar-refractivity contribution in [2.75, 3.05) is 34.4 Å². The molecule has 2 heterocycles. The lowest BCUT2D eigenvalue weighted by Crippen LogP contribution is -2.50. The number of carbonyl (C=O) groups is 2. The fraction of sp³-hybridized carbons (Fsp3) is 0.556. The number of hydrogen-bond acceptors (Lipinski definition) is 7. The van der Waals surface area contributed by atoms with E-state index in [1.54, 1.807) is 14.2 Å². The number of H-pyrrole nitrogens is 1. The van der Waals surface area contributed by atoms with Crippen molar-refractivity contribution in [3.05, 3.63) is 42.1 Å². The molecule has 0 saturated heterocycles. The van der Waals surface area contributed by atoms with Gasteiger partial charge in [0.15, 0.2) is 0 Å². The lowest BCUT2D eigenvalue weighted by Gasteiger charge is -2.43. The van der Waals surface area contributed by atoms with Crippen LogP contribution in [0.4, 0.5) is 0 Å². The lowest BCUT2D eigenvalue weighted by atomic mass is 9.72. The molecule has 1 fully saturated rings. The minimum absolute atomic E-state index is 0.0111. The van der Waals surface area contributed by atoms with Gasteiger partial charge in [-0.2, -0.15) is 0 Å². The summed E-state index contributed by atoms with van der Waals surface area (Å²) in [4.78, 5) is 31.0. The summed E-state index contributed by atoms with van der Waals surface area (Å²) in [7, 11) is 4.63. The molecule has 5 atom stereocenters. The molecule has 1 saturated carbocycles. The summed E-state index contributed by atoms with van der Waals surface area (Å²) in [6.07, 6.45) is 3.13. The molecule has 1 aliphatic heterocycles. The van der Waals surface area contributed by atoms with Crippen LogP contribution in [0, 0.1) is 11.8 Å². The van der Waals surface area contributed by atoms with Gasteiger partial charge in [-0.25, -0.2) is 4.79 Å². The highest BCUT2D eigenvalue weighted by Crippen LogP contribution is 2.44. The van der Waals surface area contributed by atoms with Crippen LogP contribution in [0.2, 0.25) is 0 Å². The van der Waals surface area contributed by atoms with Crippen LogP contribution < -0.4 is 4.74 Å². The van der Waals surface area contributed by atoms with Crippen molar-refractivity contribution in [3.8, 4) is 5.75 Å². The van der Waals surface area contributed by atoms with Crippen molar-refractivity contribution in [1.82, 2.24) is 9.88 Å². The molecule has 0 amide bonds. The first-order valence-corrected chi connectivity index (χ1v) is 12.3. The Hall–Kier alpha value is -2.84. The largest absolute Gasteiger partial charge is 0.497 e. The molecule has 0 radical (unpaired) electrons. The van der Waals surface area contributed by atoms with Crippen molar-refractivity contribution in [3.63, 3.8) is 0 Å². The predicted molar refractivity (Wildman–Crippen MR) is 132 cm³/mol. The summed E-state index contributed by atoms with van der Waals surface area (Å²) in [6, 6.07) is 6.29. The molecule has 4 rings (SSSR count). The SMILES string of the molecule is C=CC(=O)O[C@@H]1CC[C@H](C[C@@H]2c3[nH]c4cc(OC)ccc4c3CCN2CC)[C@H](C(=O)OC)[C@H]1OC. The van der Waals surface area contributed by atoms with Gasteiger partial charge in [-0.3, -0.25) is 9.69 Å². The van der Waals surface area contributed by atoms with Gasteiger partial charge in [-0.1, -0.05) is 13.5 Å². The number of fused-ring (bicyclic) bond motifs is 3. The van der Waals surface area contributed by atoms with E-state index in [0.29, 0.717) is 6.42 Å². The standard InChI is InChI=1S/C27H36N2O6/c1-6-23(30)35-22-11-8-16(24(26(22)33-4)27(31)34-5)14-21-25-19(12-13-29(21)7-2)18-10-9-17(32-3)15-20(18)28-25/h6,9-10,15-16,21-22,24,26,28H,1,7-8,11-14H2,2-5H3/t16-,21-,22-,24+,26+/m1/s1. The van der Waals surface area contributed by atoms with E-state index in [9.17, 15) is 9.59 Å². The normalized spacial score (nSPS) is 26.7. The molecule has 2 aromatic rings. The summed E-state index contributed by atoms with van der Waals surface area (Å²) >= 11 is 0. The number of nitrogens with one attached hydrogen (secondary N) is 1. The van der Waals surface area contributed by atoms with Crippen LogP contribution in [0.15, 0.2) is 30.9 Å². The Kier molecular flexibility index (Phi) is 7.82. The number of ether oxygens (including phenoxy) is 4. The second kappa shape index (κ2) is 10.8. The summed E-state index contributed by atoms with van der Waals surface area (Å²) in [5.41, 5.74) is 3.61. The summed E-state index contributed by atoms with van der Waals surface area (Å²) in [6.45, 7) is 7.52. The van der Waals surface area contributed by atoms with Gasteiger partial charge >= 0.3 is 11.9 Å². The maximum absolute atomic E-state index is 13.0. The number of aromatic nitrogens is 1. The fourth-order valence-electron chi connectivity index (χ4n) is 6.03. The number of benzene rings is 1. The summed E-state index contributed by atoms with van der Waals surface area (Å²) in [5.74, 6) is -0.545. The minimum Gasteiger partial charge on any atom is -0.497 e. The van der Waals surface area contributed by atoms with E-state index in [-0.39, 0.29) is 17.9 Å². The third kappa shape index (κ3) is 4.82. The van der Waals surface area contributed by atoms with Gasteiger partial charge < -0.3 is 23.9 Å². The van der Waals surface area contributed by atoms with Crippen molar-refractivity contribution in [1.29, 1.82) is 0 Å². The molecule has 1 aromatic carbocycles. The zero-order chi connectivity index (χ0) is 25.1. The molecule has 0 unspecified atom stereocenters. The highest BCUT2D eigenvalue weighted by Gasteiger charge is 2.47. The zero-order valence-corrected chi connectivity index (χ0v) is 21.0. The monoisotopic (exact) mass is 484 g/mol. The quantitative estimate of drug-likeness (QED) is 0.450. The van der Waals surface area contributed by atoms with Crippen LogP contribution in [-0.4, -0.2) is 68.4 Å². The van der Waals surface area contributed by atoms with E-state index < -0.39 is 24.1 Å². The van der Waals surface area contributed by atoms with Gasteiger partial charge in [-0.15, -0.1) is 0 Å². The Morgan fingerprint density at radius 1 is 1.23 bits per heavy atom. The highest BCUT2D eigenvalue weighted by molar-refractivity contribution is 5.86. The molecular weight excluding hydrogens is 448 g/mol. The van der Waals surface area contributed by atoms with E-state index in [4.69, 9.17) is 18.9 Å². The molecule has 2 aliphatic rings. The molecule has 8 nitrogen and oxygen atoms in total. The number of rotatable bonds is 8. The van der Waals surface area contributed by atoms with Gasteiger partial charge in [0.05, 0.1) is 26.2 Å². The molecule has 1 aromatic heterocycles. The smallest absolute Gasteiger partial charge is 0.330 e. The summed E-state index contributed by atoms with van der Waals surface area (Å²) in [5, 5.41) is 1.22. The third-order valence-corrected chi connectivity index (χ3v) is 7.73. The Balaban J connectivity index is 1.67. The molecule has 0 spiro atoms. The average molecular weight is 485 g/mol. The first-order valence-electron chi connectivity index (χ1n) is 12.3. The van der Waals surface area contributed by atoms with Crippen LogP contribution in [0.3, 0.4) is 0 Å². The topological polar surface area (TPSA) is 90.1 Å². The fourth-order valence-corrected chi connectivity index (χ4v) is 6.03. The number of methoxy groups -OCH3 is 3. The van der Waals surface area contributed by atoms with Gasteiger partial charge in [0.2, 0.25) is 0 Å². The Labute approximate surface area is 206 Å². The van der Waals surface area contributed by atoms with Crippen molar-refractivity contribution in [2.24, 2.45) is 11.8 Å². The molecule has 35 heavy (non-hydrogen) atoms.